The molecule has 0 aliphatic carbocycles. The quantitative estimate of drug-likeness (QED) is 0.0732. The molecule has 2 aromatic rings. The molecule has 2 amide bonds. The van der Waals surface area contributed by atoms with E-state index in [-0.39, 0.29) is 43.6 Å². The number of nitrogens with zero attached hydrogens (tertiary/aromatic N) is 1. The highest BCUT2D eigenvalue weighted by molar-refractivity contribution is 5.98. The van der Waals surface area contributed by atoms with Crippen molar-refractivity contribution >= 4 is 29.9 Å². The Morgan fingerprint density at radius 3 is 1.86 bits per heavy atom. The normalized spacial score (nSPS) is 18.6. The van der Waals surface area contributed by atoms with Gasteiger partial charge in [0, 0.05) is 13.0 Å². The standard InChI is InChI=1S/C40H58N4O7/c1-28(2)21-32(36(47)39(5)27-50-39)42-38(49)34(23-31-17-13-10-14-18-31)43-37(48)33(22-29(3)4)41-25-40(26-45,51-35(46)24-44(6,7)8)20-19-30-15-11-9-12-16-30/h9-18,26,28-29,32-34,41H,19-25,27H2,1-8H3,(H-,42,43,48,49)/p+1/t32-,33-,34-,39+,40+/m0/s1. The number of nitrogens with one attached hydrogen (secondary N) is 3. The molecule has 0 spiro atoms. The van der Waals surface area contributed by atoms with Gasteiger partial charge in [0.25, 0.3) is 0 Å². The van der Waals surface area contributed by atoms with Crippen LogP contribution in [0.3, 0.4) is 0 Å². The summed E-state index contributed by atoms with van der Waals surface area (Å²) in [7, 11) is 5.58. The van der Waals surface area contributed by atoms with E-state index in [2.05, 4.69) is 16.0 Å². The van der Waals surface area contributed by atoms with E-state index in [1.165, 1.54) is 0 Å². The predicted molar refractivity (Wildman–Crippen MR) is 197 cm³/mol. The van der Waals surface area contributed by atoms with Crippen LogP contribution in [0.5, 0.6) is 0 Å². The zero-order valence-corrected chi connectivity index (χ0v) is 31.7. The van der Waals surface area contributed by atoms with Crippen LogP contribution in [0, 0.1) is 11.8 Å². The van der Waals surface area contributed by atoms with Gasteiger partial charge in [-0.15, -0.1) is 0 Å². The second-order valence-corrected chi connectivity index (χ2v) is 16.0. The van der Waals surface area contributed by atoms with Gasteiger partial charge in [-0.25, -0.2) is 4.79 Å². The number of carbonyl (C=O) groups is 5. The molecule has 1 heterocycles. The summed E-state index contributed by atoms with van der Waals surface area (Å²) in [6.07, 6.45) is 2.34. The highest BCUT2D eigenvalue weighted by Gasteiger charge is 2.50. The highest BCUT2D eigenvalue weighted by atomic mass is 16.6. The number of Topliss-reactive ketones (excluding diaryl/α,β-unsaturated/α-hetero) is 1. The van der Waals surface area contributed by atoms with E-state index in [9.17, 15) is 24.0 Å². The predicted octanol–water partition coefficient (Wildman–Crippen LogP) is 3.43. The van der Waals surface area contributed by atoms with E-state index in [0.29, 0.717) is 36.6 Å². The van der Waals surface area contributed by atoms with Crippen LogP contribution in [0.2, 0.25) is 0 Å². The number of ketones is 1. The van der Waals surface area contributed by atoms with Gasteiger partial charge in [0.05, 0.1) is 39.8 Å². The zero-order valence-electron chi connectivity index (χ0n) is 31.7. The maximum absolute atomic E-state index is 14.1. The van der Waals surface area contributed by atoms with E-state index >= 15 is 0 Å². The Morgan fingerprint density at radius 2 is 1.35 bits per heavy atom. The number of aldehydes is 1. The third-order valence-electron chi connectivity index (χ3n) is 8.84. The first-order chi connectivity index (χ1) is 23.9. The van der Waals surface area contributed by atoms with Crippen LogP contribution in [-0.4, -0.2) is 105 Å². The number of ether oxygens (including phenoxy) is 2. The van der Waals surface area contributed by atoms with Crippen molar-refractivity contribution in [3.63, 3.8) is 0 Å². The topological polar surface area (TPSA) is 143 Å². The Labute approximate surface area is 303 Å². The Morgan fingerprint density at radius 1 is 0.843 bits per heavy atom. The van der Waals surface area contributed by atoms with Crippen molar-refractivity contribution in [3.05, 3.63) is 71.8 Å². The fourth-order valence-electron chi connectivity index (χ4n) is 5.92. The maximum Gasteiger partial charge on any atom is 0.362 e. The van der Waals surface area contributed by atoms with Crippen molar-refractivity contribution in [2.24, 2.45) is 11.8 Å². The van der Waals surface area contributed by atoms with Gasteiger partial charge in [-0.3, -0.25) is 19.2 Å². The van der Waals surface area contributed by atoms with Crippen molar-refractivity contribution in [1.29, 1.82) is 0 Å². The average molecular weight is 708 g/mol. The van der Waals surface area contributed by atoms with Gasteiger partial charge in [0.2, 0.25) is 11.8 Å². The molecule has 1 aliphatic heterocycles. The van der Waals surface area contributed by atoms with E-state index in [1.807, 2.05) is 110 Å². The van der Waals surface area contributed by atoms with Crippen molar-refractivity contribution in [3.8, 4) is 0 Å². The van der Waals surface area contributed by atoms with Crippen LogP contribution in [0.4, 0.5) is 0 Å². The molecule has 0 bridgehead atoms. The monoisotopic (exact) mass is 707 g/mol. The first kappa shape index (κ1) is 41.5. The number of amides is 2. The van der Waals surface area contributed by atoms with Crippen LogP contribution < -0.4 is 16.0 Å². The van der Waals surface area contributed by atoms with Gasteiger partial charge in [-0.2, -0.15) is 0 Å². The molecule has 11 heteroatoms. The number of quaternary nitrogens is 1. The lowest BCUT2D eigenvalue weighted by Gasteiger charge is -2.33. The Kier molecular flexibility index (Phi) is 15.1. The average Bonchev–Trinajstić information content (AvgIpc) is 3.82. The van der Waals surface area contributed by atoms with Crippen LogP contribution in [0.1, 0.15) is 65.0 Å². The third-order valence-corrected chi connectivity index (χ3v) is 8.84. The molecule has 1 saturated heterocycles. The first-order valence-electron chi connectivity index (χ1n) is 18.0. The van der Waals surface area contributed by atoms with E-state index in [0.717, 1.165) is 11.1 Å². The maximum atomic E-state index is 14.1. The van der Waals surface area contributed by atoms with Crippen molar-refractivity contribution in [1.82, 2.24) is 16.0 Å². The van der Waals surface area contributed by atoms with Crippen molar-refractivity contribution in [2.75, 3.05) is 40.8 Å². The Bertz CT molecular complexity index is 1450. The fraction of sp³-hybridized carbons (Fsp3) is 0.575. The molecule has 1 aliphatic rings. The second kappa shape index (κ2) is 18.5. The third kappa shape index (κ3) is 14.0. The summed E-state index contributed by atoms with van der Waals surface area (Å²) in [5.41, 5.74) is -0.642. The summed E-state index contributed by atoms with van der Waals surface area (Å²) in [5.74, 6) is -1.43. The molecular formula is C40H59N4O7+. The second-order valence-electron chi connectivity index (χ2n) is 16.0. The molecule has 3 rings (SSSR count). The van der Waals surface area contributed by atoms with Gasteiger partial charge in [-0.1, -0.05) is 88.4 Å². The molecule has 5 atom stereocenters. The van der Waals surface area contributed by atoms with Gasteiger partial charge >= 0.3 is 5.97 Å². The van der Waals surface area contributed by atoms with E-state index < -0.39 is 47.1 Å². The van der Waals surface area contributed by atoms with Crippen LogP contribution >= 0.6 is 0 Å². The fourth-order valence-corrected chi connectivity index (χ4v) is 5.92. The molecular weight excluding hydrogens is 648 g/mol. The van der Waals surface area contributed by atoms with Gasteiger partial charge in [0.1, 0.15) is 11.6 Å². The number of rotatable bonds is 22. The Hall–Kier alpha value is -3.93. The summed E-state index contributed by atoms with van der Waals surface area (Å²) in [5, 5.41) is 9.12. The first-order valence-corrected chi connectivity index (χ1v) is 18.0. The largest absolute Gasteiger partial charge is 0.446 e. The number of epoxide rings is 1. The molecule has 0 unspecified atom stereocenters. The van der Waals surface area contributed by atoms with Crippen LogP contribution in [0.25, 0.3) is 0 Å². The molecule has 2 aromatic carbocycles. The lowest BCUT2D eigenvalue weighted by Crippen LogP contribution is -2.58. The molecule has 3 N–H and O–H groups in total. The molecule has 0 saturated carbocycles. The number of hydrogen-bond acceptors (Lipinski definition) is 8. The number of carbonyl (C=O) groups excluding carboxylic acids is 5. The number of esters is 1. The summed E-state index contributed by atoms with van der Waals surface area (Å²) < 4.78 is 11.7. The molecule has 280 valence electrons. The molecule has 0 aromatic heterocycles. The SMILES string of the molecule is CC(C)C[C@H](NC[C@@](C=O)(CCc1ccccc1)OC(=O)C[N+](C)(C)C)C(=O)N[C@@H](Cc1ccccc1)C(=O)N[C@@H](CC(C)C)C(=O)[C@@]1(C)CO1. The van der Waals surface area contributed by atoms with Crippen molar-refractivity contribution < 1.29 is 37.9 Å². The van der Waals surface area contributed by atoms with Gasteiger partial charge in [0.15, 0.2) is 24.2 Å². The summed E-state index contributed by atoms with van der Waals surface area (Å²) in [6.45, 7) is 9.89. The minimum absolute atomic E-state index is 0.0543. The van der Waals surface area contributed by atoms with Crippen LogP contribution in [-0.2, 0) is 46.3 Å². The summed E-state index contributed by atoms with van der Waals surface area (Å²) in [6, 6.07) is 16.4. The number of aryl methyl sites for hydroxylation is 1. The smallest absolute Gasteiger partial charge is 0.362 e. The zero-order chi connectivity index (χ0) is 37.8. The van der Waals surface area contributed by atoms with Crippen LogP contribution in [0.15, 0.2) is 60.7 Å². The highest BCUT2D eigenvalue weighted by Crippen LogP contribution is 2.30. The lowest BCUT2D eigenvalue weighted by atomic mass is 9.92. The summed E-state index contributed by atoms with van der Waals surface area (Å²) >= 11 is 0. The van der Waals surface area contributed by atoms with E-state index in [4.69, 9.17) is 9.47 Å². The summed E-state index contributed by atoms with van der Waals surface area (Å²) in [4.78, 5) is 67.3. The minimum atomic E-state index is -1.54. The lowest BCUT2D eigenvalue weighted by molar-refractivity contribution is -0.862. The number of hydrogen-bond donors (Lipinski definition) is 3. The molecule has 51 heavy (non-hydrogen) atoms. The van der Waals surface area contributed by atoms with E-state index in [1.54, 1.807) is 6.92 Å². The number of likely N-dealkylation sites (N-methyl/N-ethyl adjacent to an activating group) is 1. The Balaban J connectivity index is 1.86. The van der Waals surface area contributed by atoms with Gasteiger partial charge in [-0.05, 0) is 55.6 Å². The minimum Gasteiger partial charge on any atom is -0.446 e. The molecule has 0 radical (unpaired) electrons. The van der Waals surface area contributed by atoms with Crippen molar-refractivity contribution in [2.45, 2.75) is 96.1 Å². The van der Waals surface area contributed by atoms with Gasteiger partial charge < -0.3 is 29.9 Å². The molecule has 11 nitrogen and oxygen atoms in total. The number of benzene rings is 2. The molecule has 1 fully saturated rings.